The summed E-state index contributed by atoms with van der Waals surface area (Å²) in [5.74, 6) is -5.48. The number of carboxylic acids is 1. The van der Waals surface area contributed by atoms with E-state index in [0.29, 0.717) is 0 Å². The molecule has 11 heteroatoms. The Hall–Kier alpha value is -4.28. The number of aromatic carboxylic acids is 1. The lowest BCUT2D eigenvalue weighted by Crippen LogP contribution is -2.18. The van der Waals surface area contributed by atoms with Crippen LogP contribution >= 0.6 is 0 Å². The summed E-state index contributed by atoms with van der Waals surface area (Å²) in [6, 6.07) is 8.45. The molecule has 0 aliphatic heterocycles. The molecule has 3 aromatic carbocycles. The highest BCUT2D eigenvalue weighted by molar-refractivity contribution is 6.12. The first kappa shape index (κ1) is 25.8. The molecule has 1 heterocycles. The van der Waals surface area contributed by atoms with Gasteiger partial charge in [0.15, 0.2) is 0 Å². The molecule has 0 unspecified atom stereocenters. The highest BCUT2D eigenvalue weighted by Crippen LogP contribution is 2.41. The van der Waals surface area contributed by atoms with E-state index in [2.05, 4.69) is 5.32 Å². The molecule has 0 aliphatic carbocycles. The molecule has 0 bridgehead atoms. The lowest BCUT2D eigenvalue weighted by molar-refractivity contribution is -0.133. The number of furan rings is 1. The lowest BCUT2D eigenvalue weighted by Gasteiger charge is -2.14. The van der Waals surface area contributed by atoms with Gasteiger partial charge < -0.3 is 14.8 Å². The molecule has 0 fully saturated rings. The average Bonchev–Trinajstić information content (AvgIpc) is 3.22. The maximum Gasteiger partial charge on any atom is 0.389 e. The number of carbonyl (C=O) groups is 2. The molecular formula is C26H17F6NO4. The first-order chi connectivity index (χ1) is 17.4. The van der Waals surface area contributed by atoms with Gasteiger partial charge in [0, 0.05) is 24.6 Å². The second kappa shape index (κ2) is 9.64. The topological polar surface area (TPSA) is 79.5 Å². The molecule has 0 atom stereocenters. The van der Waals surface area contributed by atoms with Gasteiger partial charge in [0.2, 0.25) is 0 Å². The summed E-state index contributed by atoms with van der Waals surface area (Å²) in [7, 11) is 1.27. The number of benzene rings is 3. The van der Waals surface area contributed by atoms with Gasteiger partial charge in [-0.3, -0.25) is 4.79 Å². The zero-order valence-corrected chi connectivity index (χ0v) is 19.0. The average molecular weight is 521 g/mol. The number of rotatable bonds is 6. The minimum Gasteiger partial charge on any atom is -0.478 e. The van der Waals surface area contributed by atoms with Crippen molar-refractivity contribution in [3.63, 3.8) is 0 Å². The highest BCUT2D eigenvalue weighted by Gasteiger charge is 2.31. The van der Waals surface area contributed by atoms with E-state index in [1.165, 1.54) is 19.2 Å². The molecule has 0 spiro atoms. The predicted octanol–water partition coefficient (Wildman–Crippen LogP) is 6.74. The van der Waals surface area contributed by atoms with Crippen LogP contribution in [-0.2, 0) is 6.42 Å². The molecule has 0 radical (unpaired) electrons. The van der Waals surface area contributed by atoms with E-state index in [0.717, 1.165) is 36.4 Å². The van der Waals surface area contributed by atoms with Gasteiger partial charge in [-0.15, -0.1) is 0 Å². The van der Waals surface area contributed by atoms with Crippen molar-refractivity contribution in [2.45, 2.75) is 19.0 Å². The van der Waals surface area contributed by atoms with E-state index < -0.39 is 59.5 Å². The predicted molar refractivity (Wildman–Crippen MR) is 122 cm³/mol. The molecule has 0 saturated carbocycles. The van der Waals surface area contributed by atoms with Crippen LogP contribution in [0.5, 0.6) is 0 Å². The van der Waals surface area contributed by atoms with E-state index in [1.54, 1.807) is 0 Å². The fourth-order valence-corrected chi connectivity index (χ4v) is 4.04. The van der Waals surface area contributed by atoms with Crippen LogP contribution in [0.4, 0.5) is 26.3 Å². The van der Waals surface area contributed by atoms with Crippen LogP contribution in [0.1, 0.15) is 32.7 Å². The molecule has 0 saturated heterocycles. The van der Waals surface area contributed by atoms with Gasteiger partial charge in [-0.2, -0.15) is 13.2 Å². The number of hydrogen-bond donors (Lipinski definition) is 2. The van der Waals surface area contributed by atoms with Crippen molar-refractivity contribution in [1.29, 1.82) is 0 Å². The van der Waals surface area contributed by atoms with Crippen LogP contribution < -0.4 is 5.32 Å². The van der Waals surface area contributed by atoms with Crippen molar-refractivity contribution in [2.24, 2.45) is 0 Å². The van der Waals surface area contributed by atoms with Crippen LogP contribution in [0.15, 0.2) is 52.9 Å². The molecule has 1 amide bonds. The van der Waals surface area contributed by atoms with Gasteiger partial charge in [0.25, 0.3) is 5.91 Å². The van der Waals surface area contributed by atoms with Crippen molar-refractivity contribution >= 4 is 22.8 Å². The third kappa shape index (κ3) is 5.02. The number of carboxylic acid groups (broad SMARTS) is 1. The van der Waals surface area contributed by atoms with Crippen LogP contribution in [0.25, 0.3) is 33.4 Å². The fraction of sp³-hybridized carbons (Fsp3) is 0.154. The molecule has 192 valence electrons. The van der Waals surface area contributed by atoms with E-state index in [9.17, 15) is 36.6 Å². The number of alkyl halides is 3. The second-order valence-corrected chi connectivity index (χ2v) is 8.10. The molecule has 5 nitrogen and oxygen atoms in total. The molecule has 2 N–H and O–H groups in total. The van der Waals surface area contributed by atoms with Crippen LogP contribution in [-0.4, -0.2) is 30.2 Å². The van der Waals surface area contributed by atoms with E-state index in [-0.39, 0.29) is 39.0 Å². The molecule has 1 aromatic heterocycles. The maximum absolute atomic E-state index is 16.2. The highest BCUT2D eigenvalue weighted by atomic mass is 19.4. The smallest absolute Gasteiger partial charge is 0.389 e. The van der Waals surface area contributed by atoms with E-state index in [4.69, 9.17) is 4.42 Å². The van der Waals surface area contributed by atoms with Crippen molar-refractivity contribution in [3.05, 3.63) is 82.7 Å². The molecule has 37 heavy (non-hydrogen) atoms. The Bertz CT molecular complexity index is 1520. The van der Waals surface area contributed by atoms with Crippen molar-refractivity contribution < 1.29 is 45.5 Å². The number of halogens is 6. The number of hydrogen-bond acceptors (Lipinski definition) is 3. The normalized spacial score (nSPS) is 11.6. The number of nitrogens with one attached hydrogen (secondary N) is 1. The number of carbonyl (C=O) groups excluding carboxylic acids is 1. The summed E-state index contributed by atoms with van der Waals surface area (Å²) in [5, 5.41) is 11.2. The maximum atomic E-state index is 16.2. The quantitative estimate of drug-likeness (QED) is 0.276. The van der Waals surface area contributed by atoms with Crippen LogP contribution in [0, 0.1) is 17.5 Å². The monoisotopic (exact) mass is 521 g/mol. The summed E-state index contributed by atoms with van der Waals surface area (Å²) >= 11 is 0. The summed E-state index contributed by atoms with van der Waals surface area (Å²) in [6.45, 7) is 0. The SMILES string of the molecule is CNC(=O)c1c(-c2ccc(F)cc2)oc2cc(CCC(F)(F)F)c(-c3ccc(F)c(C(=O)O)c3)c(F)c12. The summed E-state index contributed by atoms with van der Waals surface area (Å²) in [6.07, 6.45) is -6.66. The summed E-state index contributed by atoms with van der Waals surface area (Å²) < 4.78 is 88.6. The fourth-order valence-electron chi connectivity index (χ4n) is 4.04. The van der Waals surface area contributed by atoms with Crippen molar-refractivity contribution in [1.82, 2.24) is 5.32 Å². The summed E-state index contributed by atoms with van der Waals surface area (Å²) in [4.78, 5) is 24.2. The van der Waals surface area contributed by atoms with E-state index >= 15 is 4.39 Å². The Labute approximate surface area is 205 Å². The van der Waals surface area contributed by atoms with Gasteiger partial charge in [-0.25, -0.2) is 18.0 Å². The van der Waals surface area contributed by atoms with Crippen molar-refractivity contribution in [3.8, 4) is 22.5 Å². The lowest BCUT2D eigenvalue weighted by atomic mass is 9.91. The Morgan fingerprint density at radius 2 is 1.62 bits per heavy atom. The summed E-state index contributed by atoms with van der Waals surface area (Å²) in [5.41, 5.74) is -2.01. The van der Waals surface area contributed by atoms with Gasteiger partial charge >= 0.3 is 12.1 Å². The minimum atomic E-state index is -4.60. The van der Waals surface area contributed by atoms with Gasteiger partial charge in [-0.1, -0.05) is 6.07 Å². The van der Waals surface area contributed by atoms with Gasteiger partial charge in [0.1, 0.15) is 28.8 Å². The molecule has 4 rings (SSSR count). The van der Waals surface area contributed by atoms with Crippen LogP contribution in [0.3, 0.4) is 0 Å². The zero-order valence-electron chi connectivity index (χ0n) is 19.0. The van der Waals surface area contributed by atoms with E-state index in [1.807, 2.05) is 0 Å². The number of amides is 1. The zero-order chi connectivity index (χ0) is 27.1. The number of aryl methyl sites for hydroxylation is 1. The minimum absolute atomic E-state index is 0.155. The van der Waals surface area contributed by atoms with Crippen molar-refractivity contribution in [2.75, 3.05) is 7.05 Å². The second-order valence-electron chi connectivity index (χ2n) is 8.10. The third-order valence-electron chi connectivity index (χ3n) is 5.72. The largest absolute Gasteiger partial charge is 0.478 e. The van der Waals surface area contributed by atoms with Gasteiger partial charge in [0.05, 0.1) is 16.5 Å². The molecule has 4 aromatic rings. The third-order valence-corrected chi connectivity index (χ3v) is 5.72. The van der Waals surface area contributed by atoms with Crippen LogP contribution in [0.2, 0.25) is 0 Å². The molecular weight excluding hydrogens is 504 g/mol. The first-order valence-corrected chi connectivity index (χ1v) is 10.8. The first-order valence-electron chi connectivity index (χ1n) is 10.8. The van der Waals surface area contributed by atoms with Gasteiger partial charge in [-0.05, 0) is 60.0 Å². The number of fused-ring (bicyclic) bond motifs is 1. The Morgan fingerprint density at radius 3 is 2.22 bits per heavy atom. The Kier molecular flexibility index (Phi) is 6.72. The standard InChI is InChI=1S/C26H17F6NO4/c1-33-24(34)21-20-18(37-23(21)12-2-5-15(27)6-3-12)11-14(8-9-26(30,31)32)19(22(20)29)13-4-7-17(28)16(10-13)25(35)36/h2-7,10-11H,8-9H2,1H3,(H,33,34)(H,35,36). The Balaban J connectivity index is 2.07. The Morgan fingerprint density at radius 1 is 0.973 bits per heavy atom. The molecule has 0 aliphatic rings.